The molecule has 0 amide bonds. The van der Waals surface area contributed by atoms with Crippen molar-refractivity contribution in [2.24, 2.45) is 0 Å². The Morgan fingerprint density at radius 3 is 2.30 bits per heavy atom. The molecular weight excluding hydrogens is 616 g/mol. The Balaban J connectivity index is 0.000000676. The smallest absolute Gasteiger partial charge is 0.490 e. The summed E-state index contributed by atoms with van der Waals surface area (Å²) >= 11 is 0. The zero-order valence-corrected chi connectivity index (χ0v) is 23.7. The highest BCUT2D eigenvalue weighted by Crippen LogP contribution is 2.32. The largest absolute Gasteiger partial charge is 0.507 e. The predicted octanol–water partition coefficient (Wildman–Crippen LogP) is 4.22. The van der Waals surface area contributed by atoms with Crippen molar-refractivity contribution in [1.82, 2.24) is 4.90 Å². The molecule has 11 nitrogen and oxygen atoms in total. The van der Waals surface area contributed by atoms with Gasteiger partial charge in [-0.15, -0.1) is 0 Å². The number of morpholine rings is 1. The van der Waals surface area contributed by atoms with Crippen LogP contribution in [0.15, 0.2) is 65.6 Å². The van der Waals surface area contributed by atoms with Gasteiger partial charge >= 0.3 is 18.1 Å². The molecule has 4 rings (SSSR count). The fourth-order valence-electron chi connectivity index (χ4n) is 3.91. The van der Waals surface area contributed by atoms with Crippen LogP contribution in [-0.2, 0) is 24.3 Å². The van der Waals surface area contributed by atoms with Crippen LogP contribution >= 0.6 is 0 Å². The second-order valence-corrected chi connectivity index (χ2v) is 11.0. The van der Waals surface area contributed by atoms with Crippen LogP contribution < -0.4 is 4.72 Å². The van der Waals surface area contributed by atoms with E-state index in [2.05, 4.69) is 9.62 Å². The van der Waals surface area contributed by atoms with E-state index in [1.54, 1.807) is 6.07 Å². The lowest BCUT2D eigenvalue weighted by molar-refractivity contribution is -0.192. The number of phenols is 2. The Kier molecular flexibility index (Phi) is 11.5. The van der Waals surface area contributed by atoms with Crippen molar-refractivity contribution in [3.8, 4) is 22.6 Å². The molecule has 4 N–H and O–H groups in total. The molecule has 0 radical (unpaired) electrons. The fourth-order valence-corrected chi connectivity index (χ4v) is 5.00. The number of carboxylic acid groups (broad SMARTS) is 1. The predicted molar refractivity (Wildman–Crippen MR) is 148 cm³/mol. The van der Waals surface area contributed by atoms with Gasteiger partial charge in [0.1, 0.15) is 22.9 Å². The molecule has 0 aromatic heterocycles. The summed E-state index contributed by atoms with van der Waals surface area (Å²) in [5.41, 5.74) is 0.384. The number of alkyl halides is 3. The summed E-state index contributed by atoms with van der Waals surface area (Å²) in [5, 5.41) is 27.5. The molecule has 0 aliphatic carbocycles. The van der Waals surface area contributed by atoms with E-state index in [1.165, 1.54) is 36.4 Å². The van der Waals surface area contributed by atoms with Gasteiger partial charge in [-0.05, 0) is 54.4 Å². The maximum atomic E-state index is 13.6. The van der Waals surface area contributed by atoms with Crippen molar-refractivity contribution < 1.29 is 60.4 Å². The lowest BCUT2D eigenvalue weighted by Crippen LogP contribution is -2.37. The molecule has 0 bridgehead atoms. The minimum absolute atomic E-state index is 0.0281. The number of hydrogen-bond acceptors (Lipinski definition) is 9. The summed E-state index contributed by atoms with van der Waals surface area (Å²) in [7, 11) is -4.11. The van der Waals surface area contributed by atoms with E-state index < -0.39 is 39.7 Å². The number of nitrogens with zero attached hydrogens (tertiary/aromatic N) is 1. The average molecular weight is 645 g/mol. The molecule has 0 atom stereocenters. The molecule has 1 heterocycles. The first kappa shape index (κ1) is 34.1. The van der Waals surface area contributed by atoms with Gasteiger partial charge < -0.3 is 24.8 Å². The van der Waals surface area contributed by atoms with E-state index in [0.29, 0.717) is 25.2 Å². The first-order chi connectivity index (χ1) is 20.7. The number of hydrogen-bond donors (Lipinski definition) is 4. The molecule has 3 aromatic rings. The standard InChI is InChI=1S/C26H27FN2O7S.C2HF3O2/c27-19-5-8-24(30)23(16-19)18-3-1-4-21(15-18)37(33,34)28-20-6-7-22(25(31)17-20)26(32)36-12-2-9-29-10-13-35-14-11-29;3-2(4,5)1(6)7/h1,3-8,15-17,28,30-31H,2,9-14H2;(H,6,7). The summed E-state index contributed by atoms with van der Waals surface area (Å²) in [6.07, 6.45) is -4.45. The SMILES string of the molecule is O=C(O)C(F)(F)F.O=C(OCCCN1CCOCC1)c1ccc(NS(=O)(=O)c2cccc(-c3cc(F)ccc3O)c2)cc1O. The Bertz CT molecular complexity index is 1580. The molecule has 0 saturated carbocycles. The second kappa shape index (κ2) is 14.9. The molecule has 238 valence electrons. The highest BCUT2D eigenvalue weighted by atomic mass is 32.2. The normalized spacial score (nSPS) is 13.8. The molecule has 44 heavy (non-hydrogen) atoms. The third-order valence-corrected chi connectivity index (χ3v) is 7.46. The number of esters is 1. The second-order valence-electron chi connectivity index (χ2n) is 9.27. The summed E-state index contributed by atoms with van der Waals surface area (Å²) in [4.78, 5) is 23.3. The van der Waals surface area contributed by atoms with Crippen LogP contribution in [0.1, 0.15) is 16.8 Å². The van der Waals surface area contributed by atoms with Gasteiger partial charge in [0, 0.05) is 31.3 Å². The van der Waals surface area contributed by atoms with Gasteiger partial charge in [0.2, 0.25) is 0 Å². The number of carbonyl (C=O) groups excluding carboxylic acids is 1. The van der Waals surface area contributed by atoms with Gasteiger partial charge in [0.15, 0.2) is 0 Å². The fraction of sp³-hybridized carbons (Fsp3) is 0.286. The van der Waals surface area contributed by atoms with E-state index in [4.69, 9.17) is 19.4 Å². The number of benzene rings is 3. The number of carbonyl (C=O) groups is 2. The number of rotatable bonds is 9. The first-order valence-corrected chi connectivity index (χ1v) is 14.4. The molecule has 0 unspecified atom stereocenters. The number of ether oxygens (including phenoxy) is 2. The topological polar surface area (TPSA) is 163 Å². The van der Waals surface area contributed by atoms with Crippen LogP contribution in [0.2, 0.25) is 0 Å². The number of carboxylic acids is 1. The highest BCUT2D eigenvalue weighted by Gasteiger charge is 2.38. The van der Waals surface area contributed by atoms with Gasteiger partial charge in [-0.25, -0.2) is 22.4 Å². The summed E-state index contributed by atoms with van der Waals surface area (Å²) in [6.45, 7) is 4.00. The van der Waals surface area contributed by atoms with Crippen LogP contribution in [-0.4, -0.2) is 86.2 Å². The Labute approximate surface area is 249 Å². The Morgan fingerprint density at radius 1 is 0.977 bits per heavy atom. The third kappa shape index (κ3) is 9.82. The van der Waals surface area contributed by atoms with Crippen LogP contribution in [0.25, 0.3) is 11.1 Å². The molecule has 0 spiro atoms. The lowest BCUT2D eigenvalue weighted by atomic mass is 10.0. The number of aromatic hydroxyl groups is 2. The third-order valence-electron chi connectivity index (χ3n) is 6.08. The van der Waals surface area contributed by atoms with E-state index >= 15 is 0 Å². The van der Waals surface area contributed by atoms with Crippen molar-refractivity contribution in [2.45, 2.75) is 17.5 Å². The quantitative estimate of drug-likeness (QED) is 0.151. The first-order valence-electron chi connectivity index (χ1n) is 12.9. The van der Waals surface area contributed by atoms with Gasteiger partial charge in [0.05, 0.1) is 30.4 Å². The minimum Gasteiger partial charge on any atom is -0.507 e. The number of anilines is 1. The highest BCUT2D eigenvalue weighted by molar-refractivity contribution is 7.92. The van der Waals surface area contributed by atoms with Gasteiger partial charge in [-0.2, -0.15) is 13.2 Å². The maximum absolute atomic E-state index is 13.6. The van der Waals surface area contributed by atoms with Crippen LogP contribution in [0.4, 0.5) is 23.2 Å². The monoisotopic (exact) mass is 644 g/mol. The number of nitrogens with one attached hydrogen (secondary N) is 1. The molecule has 3 aromatic carbocycles. The van der Waals surface area contributed by atoms with Gasteiger partial charge in [-0.1, -0.05) is 12.1 Å². The molecule has 1 aliphatic rings. The summed E-state index contributed by atoms with van der Waals surface area (Å²) in [6, 6.07) is 12.7. The Hall–Kier alpha value is -4.41. The van der Waals surface area contributed by atoms with Crippen molar-refractivity contribution in [1.29, 1.82) is 0 Å². The molecule has 16 heteroatoms. The number of aliphatic carboxylic acids is 1. The summed E-state index contributed by atoms with van der Waals surface area (Å²) < 4.78 is 84.1. The zero-order valence-electron chi connectivity index (χ0n) is 22.9. The van der Waals surface area contributed by atoms with E-state index in [9.17, 15) is 41.0 Å². The lowest BCUT2D eigenvalue weighted by Gasteiger charge is -2.26. The Morgan fingerprint density at radius 2 is 1.66 bits per heavy atom. The molecule has 1 saturated heterocycles. The summed E-state index contributed by atoms with van der Waals surface area (Å²) in [5.74, 6) is -4.68. The van der Waals surface area contributed by atoms with E-state index in [0.717, 1.165) is 37.8 Å². The molecule has 1 aliphatic heterocycles. The van der Waals surface area contributed by atoms with Gasteiger partial charge in [-0.3, -0.25) is 9.62 Å². The van der Waals surface area contributed by atoms with Crippen molar-refractivity contribution >= 4 is 27.6 Å². The van der Waals surface area contributed by atoms with E-state index in [1.807, 2.05) is 0 Å². The maximum Gasteiger partial charge on any atom is 0.490 e. The van der Waals surface area contributed by atoms with Crippen LogP contribution in [0.3, 0.4) is 0 Å². The van der Waals surface area contributed by atoms with Crippen molar-refractivity contribution in [3.63, 3.8) is 0 Å². The average Bonchev–Trinajstić information content (AvgIpc) is 2.97. The number of sulfonamides is 1. The molecular formula is C28H28F4N2O9S. The number of halogens is 4. The van der Waals surface area contributed by atoms with Crippen LogP contribution in [0.5, 0.6) is 11.5 Å². The van der Waals surface area contributed by atoms with Crippen LogP contribution in [0, 0.1) is 5.82 Å². The molecule has 1 fully saturated rings. The number of phenolic OH excluding ortho intramolecular Hbond substituents is 2. The minimum atomic E-state index is -5.08. The van der Waals surface area contributed by atoms with Crippen molar-refractivity contribution in [3.05, 3.63) is 72.0 Å². The van der Waals surface area contributed by atoms with Crippen molar-refractivity contribution in [2.75, 3.05) is 44.2 Å². The van der Waals surface area contributed by atoms with Gasteiger partial charge in [0.25, 0.3) is 10.0 Å². The van der Waals surface area contributed by atoms with E-state index in [-0.39, 0.29) is 34.1 Å². The zero-order chi connectivity index (χ0) is 32.5.